The first kappa shape index (κ1) is 16.8. The SMILES string of the molecule is COCCNC(=O)C(C)NC(=O)COc1ccc(N)cc1. The number of nitrogen functional groups attached to an aromatic ring is 1. The van der Waals surface area contributed by atoms with Crippen LogP contribution in [0, 0.1) is 0 Å². The number of methoxy groups -OCH3 is 1. The normalized spacial score (nSPS) is 11.5. The molecule has 0 saturated carbocycles. The summed E-state index contributed by atoms with van der Waals surface area (Å²) in [6, 6.07) is 6.06. The van der Waals surface area contributed by atoms with Crippen molar-refractivity contribution in [3.05, 3.63) is 24.3 Å². The van der Waals surface area contributed by atoms with Crippen molar-refractivity contribution in [3.63, 3.8) is 0 Å². The molecule has 1 unspecified atom stereocenters. The van der Waals surface area contributed by atoms with Crippen LogP contribution in [-0.2, 0) is 14.3 Å². The summed E-state index contributed by atoms with van der Waals surface area (Å²) in [5, 5.41) is 5.18. The van der Waals surface area contributed by atoms with Gasteiger partial charge in [-0.2, -0.15) is 0 Å². The van der Waals surface area contributed by atoms with Gasteiger partial charge in [-0.1, -0.05) is 0 Å². The monoisotopic (exact) mass is 295 g/mol. The third kappa shape index (κ3) is 6.62. The summed E-state index contributed by atoms with van der Waals surface area (Å²) in [5.41, 5.74) is 6.16. The molecular weight excluding hydrogens is 274 g/mol. The second-order valence-corrected chi connectivity index (χ2v) is 4.43. The Morgan fingerprint density at radius 3 is 2.57 bits per heavy atom. The van der Waals surface area contributed by atoms with Crippen LogP contribution in [0.1, 0.15) is 6.92 Å². The molecule has 0 aliphatic heterocycles. The van der Waals surface area contributed by atoms with Gasteiger partial charge in [0.25, 0.3) is 5.91 Å². The number of carbonyl (C=O) groups is 2. The topological polar surface area (TPSA) is 103 Å². The summed E-state index contributed by atoms with van der Waals surface area (Å²) < 4.78 is 10.1. The van der Waals surface area contributed by atoms with Crippen LogP contribution in [0.3, 0.4) is 0 Å². The summed E-state index contributed by atoms with van der Waals surface area (Å²) in [6.45, 7) is 2.26. The highest BCUT2D eigenvalue weighted by Gasteiger charge is 2.15. The Hall–Kier alpha value is -2.28. The lowest BCUT2D eigenvalue weighted by atomic mass is 10.3. The van der Waals surface area contributed by atoms with Gasteiger partial charge in [0.1, 0.15) is 11.8 Å². The number of hydrogen-bond acceptors (Lipinski definition) is 5. The number of carbonyl (C=O) groups excluding carboxylic acids is 2. The minimum absolute atomic E-state index is 0.167. The molecule has 7 heteroatoms. The molecule has 0 aliphatic carbocycles. The van der Waals surface area contributed by atoms with Crippen LogP contribution in [0.4, 0.5) is 5.69 Å². The van der Waals surface area contributed by atoms with Crippen molar-refractivity contribution in [1.29, 1.82) is 0 Å². The fraction of sp³-hybridized carbons (Fsp3) is 0.429. The second kappa shape index (κ2) is 8.80. The molecule has 21 heavy (non-hydrogen) atoms. The van der Waals surface area contributed by atoms with E-state index in [4.69, 9.17) is 15.2 Å². The lowest BCUT2D eigenvalue weighted by Gasteiger charge is -2.14. The predicted octanol–water partition coefficient (Wildman–Crippen LogP) is -0.0851. The van der Waals surface area contributed by atoms with Gasteiger partial charge in [-0.3, -0.25) is 9.59 Å². The largest absolute Gasteiger partial charge is 0.484 e. The minimum atomic E-state index is -0.635. The number of ether oxygens (including phenoxy) is 2. The molecule has 116 valence electrons. The molecule has 1 atom stereocenters. The Kier molecular flexibility index (Phi) is 7.03. The Morgan fingerprint density at radius 1 is 1.29 bits per heavy atom. The van der Waals surface area contributed by atoms with Crippen LogP contribution >= 0.6 is 0 Å². The van der Waals surface area contributed by atoms with Crippen molar-refractivity contribution in [2.24, 2.45) is 0 Å². The van der Waals surface area contributed by atoms with E-state index in [1.165, 1.54) is 0 Å². The van der Waals surface area contributed by atoms with E-state index < -0.39 is 6.04 Å². The average Bonchev–Trinajstić information content (AvgIpc) is 2.46. The van der Waals surface area contributed by atoms with E-state index in [-0.39, 0.29) is 18.4 Å². The Balaban J connectivity index is 2.29. The first-order valence-corrected chi connectivity index (χ1v) is 6.57. The van der Waals surface area contributed by atoms with E-state index in [1.54, 1.807) is 38.3 Å². The zero-order valence-electron chi connectivity index (χ0n) is 12.2. The molecule has 0 heterocycles. The summed E-state index contributed by atoms with van der Waals surface area (Å²) in [7, 11) is 1.55. The van der Waals surface area contributed by atoms with Crippen molar-refractivity contribution in [1.82, 2.24) is 10.6 Å². The molecule has 2 amide bonds. The highest BCUT2D eigenvalue weighted by atomic mass is 16.5. The highest BCUT2D eigenvalue weighted by Crippen LogP contribution is 2.12. The fourth-order valence-corrected chi connectivity index (χ4v) is 1.49. The molecule has 0 spiro atoms. The summed E-state index contributed by atoms with van der Waals surface area (Å²) in [4.78, 5) is 23.3. The maximum Gasteiger partial charge on any atom is 0.258 e. The fourth-order valence-electron chi connectivity index (χ4n) is 1.49. The summed E-state index contributed by atoms with van der Waals surface area (Å²) in [5.74, 6) is -0.106. The molecule has 0 bridgehead atoms. The number of amides is 2. The van der Waals surface area contributed by atoms with Gasteiger partial charge in [0.15, 0.2) is 6.61 Å². The zero-order chi connectivity index (χ0) is 15.7. The van der Waals surface area contributed by atoms with Gasteiger partial charge < -0.3 is 25.8 Å². The van der Waals surface area contributed by atoms with Crippen LogP contribution in [0.15, 0.2) is 24.3 Å². The highest BCUT2D eigenvalue weighted by molar-refractivity contribution is 5.87. The van der Waals surface area contributed by atoms with Crippen molar-refractivity contribution >= 4 is 17.5 Å². The molecule has 0 saturated heterocycles. The molecule has 1 aromatic carbocycles. The molecule has 4 N–H and O–H groups in total. The Labute approximate surface area is 123 Å². The molecule has 0 fully saturated rings. The molecule has 1 aromatic rings. The number of benzene rings is 1. The number of nitrogens with two attached hydrogens (primary N) is 1. The molecule has 7 nitrogen and oxygen atoms in total. The molecule has 0 radical (unpaired) electrons. The van der Waals surface area contributed by atoms with E-state index in [0.29, 0.717) is 24.6 Å². The minimum Gasteiger partial charge on any atom is -0.484 e. The Morgan fingerprint density at radius 2 is 1.95 bits per heavy atom. The van der Waals surface area contributed by atoms with Crippen molar-refractivity contribution in [2.75, 3.05) is 32.6 Å². The van der Waals surface area contributed by atoms with Gasteiger partial charge in [-0.05, 0) is 31.2 Å². The van der Waals surface area contributed by atoms with Gasteiger partial charge in [0, 0.05) is 19.3 Å². The lowest BCUT2D eigenvalue weighted by Crippen LogP contribution is -2.46. The standard InChI is InChI=1S/C14H21N3O4/c1-10(14(19)16-7-8-20-2)17-13(18)9-21-12-5-3-11(15)4-6-12/h3-6,10H,7-9,15H2,1-2H3,(H,16,19)(H,17,18). The lowest BCUT2D eigenvalue weighted by molar-refractivity contribution is -0.129. The van der Waals surface area contributed by atoms with Crippen molar-refractivity contribution < 1.29 is 19.1 Å². The van der Waals surface area contributed by atoms with E-state index in [0.717, 1.165) is 0 Å². The Bertz CT molecular complexity index is 462. The van der Waals surface area contributed by atoms with Gasteiger partial charge in [-0.15, -0.1) is 0 Å². The number of rotatable bonds is 8. The van der Waals surface area contributed by atoms with Gasteiger partial charge in [-0.25, -0.2) is 0 Å². The third-order valence-corrected chi connectivity index (χ3v) is 2.63. The van der Waals surface area contributed by atoms with E-state index in [9.17, 15) is 9.59 Å². The summed E-state index contributed by atoms with van der Waals surface area (Å²) >= 11 is 0. The maximum absolute atomic E-state index is 11.7. The van der Waals surface area contributed by atoms with Crippen LogP contribution in [0.2, 0.25) is 0 Å². The van der Waals surface area contributed by atoms with Gasteiger partial charge in [0.05, 0.1) is 6.61 Å². The van der Waals surface area contributed by atoms with E-state index >= 15 is 0 Å². The van der Waals surface area contributed by atoms with E-state index in [2.05, 4.69) is 10.6 Å². The summed E-state index contributed by atoms with van der Waals surface area (Å²) in [6.07, 6.45) is 0. The average molecular weight is 295 g/mol. The number of hydrogen-bond donors (Lipinski definition) is 3. The first-order chi connectivity index (χ1) is 10.0. The van der Waals surface area contributed by atoms with Gasteiger partial charge >= 0.3 is 0 Å². The van der Waals surface area contributed by atoms with Crippen LogP contribution in [0.25, 0.3) is 0 Å². The maximum atomic E-state index is 11.7. The molecular formula is C14H21N3O4. The second-order valence-electron chi connectivity index (χ2n) is 4.43. The molecule has 1 rings (SSSR count). The first-order valence-electron chi connectivity index (χ1n) is 6.57. The quantitative estimate of drug-likeness (QED) is 0.459. The zero-order valence-corrected chi connectivity index (χ0v) is 12.2. The smallest absolute Gasteiger partial charge is 0.258 e. The predicted molar refractivity (Wildman–Crippen MR) is 78.8 cm³/mol. The van der Waals surface area contributed by atoms with Crippen LogP contribution in [-0.4, -0.2) is 44.7 Å². The number of anilines is 1. The van der Waals surface area contributed by atoms with Crippen molar-refractivity contribution in [2.45, 2.75) is 13.0 Å². The van der Waals surface area contributed by atoms with Crippen LogP contribution < -0.4 is 21.1 Å². The van der Waals surface area contributed by atoms with Crippen LogP contribution in [0.5, 0.6) is 5.75 Å². The third-order valence-electron chi connectivity index (χ3n) is 2.63. The van der Waals surface area contributed by atoms with Gasteiger partial charge in [0.2, 0.25) is 5.91 Å². The van der Waals surface area contributed by atoms with E-state index in [1.807, 2.05) is 0 Å². The van der Waals surface area contributed by atoms with Crippen molar-refractivity contribution in [3.8, 4) is 5.75 Å². The molecule has 0 aromatic heterocycles. The number of nitrogens with one attached hydrogen (secondary N) is 2. The molecule has 0 aliphatic rings.